The molecule has 0 aliphatic rings. The third-order valence-corrected chi connectivity index (χ3v) is 5.80. The van der Waals surface area contributed by atoms with Gasteiger partial charge < -0.3 is 10.2 Å². The number of thiophene rings is 1. The zero-order valence-corrected chi connectivity index (χ0v) is 18.3. The third kappa shape index (κ3) is 5.90. The topological polar surface area (TPSA) is 49.4 Å². The van der Waals surface area contributed by atoms with Crippen molar-refractivity contribution >= 4 is 34.5 Å². The van der Waals surface area contributed by atoms with Gasteiger partial charge in [-0.05, 0) is 71.1 Å². The Morgan fingerprint density at radius 3 is 2.18 bits per heavy atom. The van der Waals surface area contributed by atoms with Crippen LogP contribution in [0.25, 0.3) is 0 Å². The molecule has 1 aromatic heterocycles. The van der Waals surface area contributed by atoms with Gasteiger partial charge in [0, 0.05) is 11.4 Å². The maximum absolute atomic E-state index is 13.3. The van der Waals surface area contributed by atoms with Gasteiger partial charge in [-0.15, -0.1) is 11.3 Å². The quantitative estimate of drug-likeness (QED) is 0.363. The van der Waals surface area contributed by atoms with Crippen molar-refractivity contribution in [1.29, 1.82) is 0 Å². The number of nitrogens with zero attached hydrogens (tertiary/aromatic N) is 1. The number of anilines is 2. The number of carbonyl (C=O) groups is 2. The first-order valence-corrected chi connectivity index (χ1v) is 11.1. The molecular formula is C26H20F2N2O2S. The summed E-state index contributed by atoms with van der Waals surface area (Å²) in [6.07, 6.45) is 0.0861. The van der Waals surface area contributed by atoms with Crippen LogP contribution in [0.3, 0.4) is 0 Å². The summed E-state index contributed by atoms with van der Waals surface area (Å²) in [4.78, 5) is 27.9. The van der Waals surface area contributed by atoms with E-state index in [1.165, 1.54) is 47.7 Å². The molecule has 7 heteroatoms. The Labute approximate surface area is 194 Å². The molecule has 0 aliphatic heterocycles. The van der Waals surface area contributed by atoms with Crippen molar-refractivity contribution in [3.05, 3.63) is 118 Å². The molecule has 0 saturated carbocycles. The first kappa shape index (κ1) is 22.4. The highest BCUT2D eigenvalue weighted by Gasteiger charge is 2.20. The van der Waals surface area contributed by atoms with Crippen molar-refractivity contribution in [3.63, 3.8) is 0 Å². The fourth-order valence-corrected chi connectivity index (χ4v) is 4.02. The van der Waals surface area contributed by atoms with E-state index < -0.39 is 0 Å². The van der Waals surface area contributed by atoms with Crippen LogP contribution in [0.15, 0.2) is 90.3 Å². The highest BCUT2D eigenvalue weighted by atomic mass is 32.1. The number of amides is 2. The van der Waals surface area contributed by atoms with Crippen molar-refractivity contribution in [2.75, 3.05) is 10.2 Å². The van der Waals surface area contributed by atoms with E-state index in [9.17, 15) is 18.4 Å². The van der Waals surface area contributed by atoms with Crippen LogP contribution in [0.4, 0.5) is 20.2 Å². The molecule has 0 radical (unpaired) electrons. The molecule has 0 atom stereocenters. The molecule has 2 amide bonds. The average Bonchev–Trinajstić information content (AvgIpc) is 3.35. The predicted octanol–water partition coefficient (Wildman–Crippen LogP) is 6.05. The van der Waals surface area contributed by atoms with Crippen molar-refractivity contribution < 1.29 is 18.4 Å². The minimum Gasteiger partial charge on any atom is -0.326 e. The van der Waals surface area contributed by atoms with Gasteiger partial charge in [0.25, 0.3) is 5.91 Å². The summed E-state index contributed by atoms with van der Waals surface area (Å²) < 4.78 is 26.4. The first-order valence-electron chi connectivity index (χ1n) is 10.2. The molecule has 3 aromatic carbocycles. The van der Waals surface area contributed by atoms with E-state index in [2.05, 4.69) is 5.32 Å². The lowest BCUT2D eigenvalue weighted by Crippen LogP contribution is -2.30. The number of benzene rings is 3. The lowest BCUT2D eigenvalue weighted by atomic mass is 10.1. The molecule has 1 heterocycles. The van der Waals surface area contributed by atoms with Gasteiger partial charge in [0.05, 0.1) is 17.8 Å². The lowest BCUT2D eigenvalue weighted by Gasteiger charge is -2.23. The summed E-state index contributed by atoms with van der Waals surface area (Å²) in [6, 6.07) is 22.3. The largest absolute Gasteiger partial charge is 0.326 e. The van der Waals surface area contributed by atoms with E-state index in [4.69, 9.17) is 0 Å². The molecule has 1 N–H and O–H groups in total. The van der Waals surface area contributed by atoms with E-state index in [0.29, 0.717) is 16.3 Å². The summed E-state index contributed by atoms with van der Waals surface area (Å²) >= 11 is 1.34. The number of hydrogen-bond donors (Lipinski definition) is 1. The number of halogens is 2. The van der Waals surface area contributed by atoms with Gasteiger partial charge in [-0.2, -0.15) is 0 Å². The van der Waals surface area contributed by atoms with E-state index in [0.717, 1.165) is 11.1 Å². The van der Waals surface area contributed by atoms with Crippen molar-refractivity contribution in [2.24, 2.45) is 0 Å². The molecule has 33 heavy (non-hydrogen) atoms. The Bertz CT molecular complexity index is 1240. The summed E-state index contributed by atoms with van der Waals surface area (Å²) in [6.45, 7) is 0.252. The molecule has 0 saturated heterocycles. The summed E-state index contributed by atoms with van der Waals surface area (Å²) in [5.74, 6) is -1.16. The number of nitrogens with one attached hydrogen (secondary N) is 1. The maximum Gasteiger partial charge on any atom is 0.268 e. The Morgan fingerprint density at radius 2 is 1.52 bits per heavy atom. The monoisotopic (exact) mass is 462 g/mol. The van der Waals surface area contributed by atoms with Gasteiger partial charge in [-0.25, -0.2) is 8.78 Å². The molecule has 0 aliphatic carbocycles. The van der Waals surface area contributed by atoms with Crippen molar-refractivity contribution in [2.45, 2.75) is 13.0 Å². The number of rotatable bonds is 7. The van der Waals surface area contributed by atoms with E-state index >= 15 is 0 Å². The van der Waals surface area contributed by atoms with Crippen LogP contribution in [-0.2, 0) is 17.8 Å². The molecule has 0 spiro atoms. The zero-order valence-electron chi connectivity index (χ0n) is 17.5. The fourth-order valence-electron chi connectivity index (χ4n) is 3.34. The van der Waals surface area contributed by atoms with Gasteiger partial charge in [0.15, 0.2) is 0 Å². The summed E-state index contributed by atoms with van der Waals surface area (Å²) in [5, 5.41) is 4.57. The lowest BCUT2D eigenvalue weighted by molar-refractivity contribution is -0.115. The second-order valence-electron chi connectivity index (χ2n) is 7.40. The second kappa shape index (κ2) is 10.2. The molecule has 4 nitrogen and oxygen atoms in total. The molecule has 0 unspecified atom stereocenters. The molecule has 0 bridgehead atoms. The predicted molar refractivity (Wildman–Crippen MR) is 126 cm³/mol. The Hall–Kier alpha value is -3.84. The van der Waals surface area contributed by atoms with Gasteiger partial charge in [-0.1, -0.05) is 30.3 Å². The smallest absolute Gasteiger partial charge is 0.268 e. The minimum atomic E-state index is -0.377. The third-order valence-electron chi connectivity index (χ3n) is 4.95. The van der Waals surface area contributed by atoms with Crippen LogP contribution in [0.1, 0.15) is 20.8 Å². The molecule has 4 aromatic rings. The average molecular weight is 463 g/mol. The van der Waals surface area contributed by atoms with Crippen LogP contribution in [-0.4, -0.2) is 11.8 Å². The van der Waals surface area contributed by atoms with Crippen LogP contribution >= 0.6 is 11.3 Å². The number of hydrogen-bond acceptors (Lipinski definition) is 3. The highest BCUT2D eigenvalue weighted by Crippen LogP contribution is 2.24. The van der Waals surface area contributed by atoms with Gasteiger partial charge in [-0.3, -0.25) is 9.59 Å². The molecule has 0 fully saturated rings. The first-order chi connectivity index (χ1) is 16.0. The van der Waals surface area contributed by atoms with Crippen LogP contribution in [0.5, 0.6) is 0 Å². The van der Waals surface area contributed by atoms with Crippen LogP contribution < -0.4 is 10.2 Å². The maximum atomic E-state index is 13.3. The van der Waals surface area contributed by atoms with Gasteiger partial charge in [0.2, 0.25) is 5.91 Å². The van der Waals surface area contributed by atoms with E-state index in [1.807, 2.05) is 11.4 Å². The van der Waals surface area contributed by atoms with Gasteiger partial charge in [0.1, 0.15) is 11.6 Å². The van der Waals surface area contributed by atoms with E-state index in [1.54, 1.807) is 47.4 Å². The standard InChI is InChI=1S/C26H20F2N2O2S/c27-20-8-6-18(7-9-20)17-30(26(32)24-5-2-14-33-24)23-4-1-3-19(15-23)16-25(31)29-22-12-10-21(28)11-13-22/h1-15H,16-17H2,(H,29,31). The van der Waals surface area contributed by atoms with E-state index in [-0.39, 0.29) is 36.4 Å². The Kier molecular flexibility index (Phi) is 6.90. The summed E-state index contributed by atoms with van der Waals surface area (Å²) in [5.41, 5.74) is 2.63. The van der Waals surface area contributed by atoms with Gasteiger partial charge >= 0.3 is 0 Å². The minimum absolute atomic E-state index is 0.0861. The van der Waals surface area contributed by atoms with Crippen LogP contribution in [0, 0.1) is 11.6 Å². The number of carbonyl (C=O) groups excluding carboxylic acids is 2. The highest BCUT2D eigenvalue weighted by molar-refractivity contribution is 7.12. The molecular weight excluding hydrogens is 442 g/mol. The molecule has 4 rings (SSSR count). The Morgan fingerprint density at radius 1 is 0.818 bits per heavy atom. The normalized spacial score (nSPS) is 10.6. The van der Waals surface area contributed by atoms with Crippen molar-refractivity contribution in [1.82, 2.24) is 0 Å². The Balaban J connectivity index is 1.55. The fraction of sp³-hybridized carbons (Fsp3) is 0.0769. The van der Waals surface area contributed by atoms with Crippen LogP contribution in [0.2, 0.25) is 0 Å². The zero-order chi connectivity index (χ0) is 23.2. The second-order valence-corrected chi connectivity index (χ2v) is 8.34. The van der Waals surface area contributed by atoms with Crippen molar-refractivity contribution in [3.8, 4) is 0 Å². The SMILES string of the molecule is O=C(Cc1cccc(N(Cc2ccc(F)cc2)C(=O)c2cccs2)c1)Nc1ccc(F)cc1. The summed E-state index contributed by atoms with van der Waals surface area (Å²) in [7, 11) is 0. The molecule has 166 valence electrons.